The number of allylic oxidation sites excluding steroid dienone is 2. The fourth-order valence-corrected chi connectivity index (χ4v) is 1.51. The zero-order valence-corrected chi connectivity index (χ0v) is 8.33. The van der Waals surface area contributed by atoms with Gasteiger partial charge in [-0.25, -0.2) is 0 Å². The minimum atomic E-state index is 0.845. The number of hydrogen-bond acceptors (Lipinski definition) is 2. The average Bonchev–Trinajstić information content (AvgIpc) is 2.44. The summed E-state index contributed by atoms with van der Waals surface area (Å²) < 4.78 is 0. The summed E-state index contributed by atoms with van der Waals surface area (Å²) in [5, 5.41) is 3.29. The molecule has 14 heavy (non-hydrogen) atoms. The van der Waals surface area contributed by atoms with Crippen molar-refractivity contribution in [3.63, 3.8) is 0 Å². The van der Waals surface area contributed by atoms with Crippen LogP contribution in [0.2, 0.25) is 0 Å². The van der Waals surface area contributed by atoms with Gasteiger partial charge >= 0.3 is 0 Å². The molecule has 2 rings (SSSR count). The topological polar surface area (TPSA) is 24.4 Å². The Balaban J connectivity index is 2.33. The molecule has 2 nitrogen and oxygen atoms in total. The van der Waals surface area contributed by atoms with E-state index >= 15 is 0 Å². The third kappa shape index (κ3) is 2.02. The second-order valence-electron chi connectivity index (χ2n) is 3.39. The fourth-order valence-electron chi connectivity index (χ4n) is 1.51. The van der Waals surface area contributed by atoms with Crippen molar-refractivity contribution in [2.24, 2.45) is 4.99 Å². The highest BCUT2D eigenvalue weighted by molar-refractivity contribution is 6.09. The van der Waals surface area contributed by atoms with E-state index in [4.69, 9.17) is 0 Å². The van der Waals surface area contributed by atoms with Gasteiger partial charge < -0.3 is 5.32 Å². The van der Waals surface area contributed by atoms with Crippen molar-refractivity contribution in [1.29, 1.82) is 0 Å². The van der Waals surface area contributed by atoms with Gasteiger partial charge in [-0.1, -0.05) is 30.3 Å². The minimum Gasteiger partial charge on any atom is -0.387 e. The van der Waals surface area contributed by atoms with Crippen LogP contribution in [0.25, 0.3) is 0 Å². The number of nitrogens with zero attached hydrogens (tertiary/aromatic N) is 1. The van der Waals surface area contributed by atoms with Gasteiger partial charge in [-0.2, -0.15) is 0 Å². The maximum absolute atomic E-state index is 4.52. The van der Waals surface area contributed by atoms with Gasteiger partial charge in [0, 0.05) is 12.2 Å². The summed E-state index contributed by atoms with van der Waals surface area (Å²) in [5.41, 5.74) is 3.45. The second-order valence-corrected chi connectivity index (χ2v) is 3.39. The van der Waals surface area contributed by atoms with E-state index in [1.54, 1.807) is 0 Å². The lowest BCUT2D eigenvalue weighted by molar-refractivity contribution is 0.809. The molecule has 0 saturated heterocycles. The minimum absolute atomic E-state index is 0.845. The van der Waals surface area contributed by atoms with Gasteiger partial charge in [-0.3, -0.25) is 4.99 Å². The van der Waals surface area contributed by atoms with Crippen LogP contribution in [-0.4, -0.2) is 18.8 Å². The summed E-state index contributed by atoms with van der Waals surface area (Å²) in [6, 6.07) is 10.3. The first-order valence-electron chi connectivity index (χ1n) is 4.88. The van der Waals surface area contributed by atoms with E-state index in [0.717, 1.165) is 18.8 Å². The smallest absolute Gasteiger partial charge is 0.0664 e. The average molecular weight is 186 g/mol. The molecule has 1 aromatic rings. The van der Waals surface area contributed by atoms with E-state index in [0.29, 0.717) is 0 Å². The molecule has 1 heterocycles. The summed E-state index contributed by atoms with van der Waals surface area (Å²) in [6.07, 6.45) is 2.10. The lowest BCUT2D eigenvalue weighted by Gasteiger charge is -2.00. The molecule has 0 radical (unpaired) electrons. The largest absolute Gasteiger partial charge is 0.387 e. The normalized spacial score (nSPS) is 16.4. The Kier molecular flexibility index (Phi) is 2.63. The van der Waals surface area contributed by atoms with Gasteiger partial charge in [0.05, 0.1) is 12.3 Å². The van der Waals surface area contributed by atoms with Crippen LogP contribution in [0.1, 0.15) is 12.5 Å². The monoisotopic (exact) mass is 186 g/mol. The molecule has 1 N–H and O–H groups in total. The molecule has 2 heteroatoms. The van der Waals surface area contributed by atoms with Crippen LogP contribution in [0.4, 0.5) is 0 Å². The van der Waals surface area contributed by atoms with Crippen molar-refractivity contribution >= 4 is 5.71 Å². The van der Waals surface area contributed by atoms with Crippen LogP contribution >= 0.6 is 0 Å². The SMILES string of the molecule is CC1=CC(c2ccccc2)=NCCN1. The Morgan fingerprint density at radius 3 is 2.79 bits per heavy atom. The Morgan fingerprint density at radius 1 is 1.21 bits per heavy atom. The lowest BCUT2D eigenvalue weighted by Crippen LogP contribution is -2.13. The van der Waals surface area contributed by atoms with Crippen molar-refractivity contribution < 1.29 is 0 Å². The highest BCUT2D eigenvalue weighted by Gasteiger charge is 2.02. The molecule has 0 fully saturated rings. The van der Waals surface area contributed by atoms with Gasteiger partial charge in [0.15, 0.2) is 0 Å². The van der Waals surface area contributed by atoms with Crippen LogP contribution in [0.15, 0.2) is 47.1 Å². The summed E-state index contributed by atoms with van der Waals surface area (Å²) in [4.78, 5) is 4.52. The maximum atomic E-state index is 4.52. The molecular formula is C12H14N2. The zero-order valence-electron chi connectivity index (χ0n) is 8.33. The predicted molar refractivity (Wildman–Crippen MR) is 59.6 cm³/mol. The first-order valence-corrected chi connectivity index (χ1v) is 4.88. The van der Waals surface area contributed by atoms with E-state index in [9.17, 15) is 0 Å². The Bertz CT molecular complexity index is 363. The molecule has 0 atom stereocenters. The molecule has 0 unspecified atom stereocenters. The van der Waals surface area contributed by atoms with Crippen molar-refractivity contribution in [2.45, 2.75) is 6.92 Å². The van der Waals surface area contributed by atoms with E-state index in [1.807, 2.05) is 18.2 Å². The van der Waals surface area contributed by atoms with Gasteiger partial charge in [-0.15, -0.1) is 0 Å². The maximum Gasteiger partial charge on any atom is 0.0664 e. The molecule has 72 valence electrons. The number of rotatable bonds is 1. The quantitative estimate of drug-likeness (QED) is 0.712. The summed E-state index contributed by atoms with van der Waals surface area (Å²) in [5.74, 6) is 0. The van der Waals surface area contributed by atoms with E-state index in [-0.39, 0.29) is 0 Å². The summed E-state index contributed by atoms with van der Waals surface area (Å²) >= 11 is 0. The van der Waals surface area contributed by atoms with E-state index in [1.165, 1.54) is 11.3 Å². The van der Waals surface area contributed by atoms with Crippen LogP contribution < -0.4 is 5.32 Å². The van der Waals surface area contributed by atoms with Gasteiger partial charge in [0.2, 0.25) is 0 Å². The van der Waals surface area contributed by atoms with Crippen molar-refractivity contribution in [2.75, 3.05) is 13.1 Å². The number of nitrogens with one attached hydrogen (secondary N) is 1. The number of benzene rings is 1. The predicted octanol–water partition coefficient (Wildman–Crippen LogP) is 1.98. The molecule has 1 aliphatic rings. The summed E-state index contributed by atoms with van der Waals surface area (Å²) in [6.45, 7) is 3.85. The van der Waals surface area contributed by atoms with Crippen molar-refractivity contribution in [3.8, 4) is 0 Å². The Labute approximate surface area is 84.4 Å². The molecule has 0 spiro atoms. The lowest BCUT2D eigenvalue weighted by atomic mass is 10.1. The fraction of sp³-hybridized carbons (Fsp3) is 0.250. The standard InChI is InChI=1S/C12H14N2/c1-10-9-12(14-8-7-13-10)11-5-3-2-4-6-11/h2-6,9,13H,7-8H2,1H3. The highest BCUT2D eigenvalue weighted by atomic mass is 14.9. The molecule has 1 aliphatic heterocycles. The van der Waals surface area contributed by atoms with Crippen molar-refractivity contribution in [3.05, 3.63) is 47.7 Å². The van der Waals surface area contributed by atoms with Crippen LogP contribution in [0, 0.1) is 0 Å². The molecule has 0 aliphatic carbocycles. The van der Waals surface area contributed by atoms with Crippen LogP contribution in [0.3, 0.4) is 0 Å². The number of hydrogen-bond donors (Lipinski definition) is 1. The Hall–Kier alpha value is -1.57. The van der Waals surface area contributed by atoms with Gasteiger partial charge in [0.1, 0.15) is 0 Å². The molecule has 0 amide bonds. The van der Waals surface area contributed by atoms with Crippen molar-refractivity contribution in [1.82, 2.24) is 5.32 Å². The third-order valence-electron chi connectivity index (χ3n) is 2.22. The third-order valence-corrected chi connectivity index (χ3v) is 2.22. The Morgan fingerprint density at radius 2 is 2.00 bits per heavy atom. The molecule has 0 aromatic heterocycles. The van der Waals surface area contributed by atoms with E-state index in [2.05, 4.69) is 35.4 Å². The first kappa shape index (κ1) is 9.00. The van der Waals surface area contributed by atoms with Gasteiger partial charge in [0.25, 0.3) is 0 Å². The first-order chi connectivity index (χ1) is 6.86. The molecular weight excluding hydrogens is 172 g/mol. The number of aliphatic imine (C=N–C) groups is 1. The summed E-state index contributed by atoms with van der Waals surface area (Å²) in [7, 11) is 0. The molecule has 1 aromatic carbocycles. The van der Waals surface area contributed by atoms with Crippen LogP contribution in [0.5, 0.6) is 0 Å². The van der Waals surface area contributed by atoms with E-state index < -0.39 is 0 Å². The van der Waals surface area contributed by atoms with Crippen LogP contribution in [-0.2, 0) is 0 Å². The molecule has 0 saturated carbocycles. The zero-order chi connectivity index (χ0) is 9.80. The molecule has 0 bridgehead atoms. The second kappa shape index (κ2) is 4.09. The van der Waals surface area contributed by atoms with Gasteiger partial charge in [-0.05, 0) is 18.6 Å². The highest BCUT2D eigenvalue weighted by Crippen LogP contribution is 2.06.